The number of carboxylic acid groups (broad SMARTS) is 1. The van der Waals surface area contributed by atoms with Crippen LogP contribution in [0.1, 0.15) is 54.0 Å². The number of ether oxygens (including phenoxy) is 2. The van der Waals surface area contributed by atoms with Crippen molar-refractivity contribution in [2.45, 2.75) is 44.8 Å². The van der Waals surface area contributed by atoms with E-state index in [4.69, 9.17) is 19.0 Å². The summed E-state index contributed by atoms with van der Waals surface area (Å²) in [5.41, 5.74) is 0.642. The Morgan fingerprint density at radius 1 is 1.23 bits per heavy atom. The predicted molar refractivity (Wildman–Crippen MR) is 112 cm³/mol. The molecule has 3 rings (SSSR count). The van der Waals surface area contributed by atoms with Gasteiger partial charge in [-0.15, -0.1) is 0 Å². The number of carbonyl (C=O) groups is 2. The minimum absolute atomic E-state index is 0.0199. The molecule has 162 valence electrons. The number of carboxylic acids is 1. The zero-order valence-electron chi connectivity index (χ0n) is 17.2. The molecule has 0 unspecified atom stereocenters. The van der Waals surface area contributed by atoms with Crippen LogP contribution < -0.4 is 14.8 Å². The van der Waals surface area contributed by atoms with Gasteiger partial charge in [-0.1, -0.05) is 25.3 Å². The van der Waals surface area contributed by atoms with Crippen LogP contribution in [0.25, 0.3) is 6.08 Å². The van der Waals surface area contributed by atoms with Crippen LogP contribution in [-0.2, 0) is 11.4 Å². The van der Waals surface area contributed by atoms with Gasteiger partial charge >= 0.3 is 5.97 Å². The van der Waals surface area contributed by atoms with Gasteiger partial charge in [-0.05, 0) is 48.7 Å². The summed E-state index contributed by atoms with van der Waals surface area (Å²) in [6.45, 7) is 0.0199. The molecule has 8 nitrogen and oxygen atoms in total. The number of furan rings is 1. The molecule has 0 saturated heterocycles. The minimum Gasteiger partial charge on any atom is -0.493 e. The van der Waals surface area contributed by atoms with Crippen LogP contribution >= 0.6 is 0 Å². The molecule has 0 atom stereocenters. The fraction of sp³-hybridized carbons (Fsp3) is 0.348. The van der Waals surface area contributed by atoms with Crippen LogP contribution in [0, 0.1) is 11.3 Å². The van der Waals surface area contributed by atoms with E-state index in [1.807, 2.05) is 6.07 Å². The van der Waals surface area contributed by atoms with Crippen LogP contribution in [0.15, 0.2) is 40.3 Å². The molecule has 0 aliphatic heterocycles. The molecule has 1 fully saturated rings. The van der Waals surface area contributed by atoms with Crippen LogP contribution in [0.4, 0.5) is 0 Å². The van der Waals surface area contributed by atoms with Gasteiger partial charge in [0.2, 0.25) is 5.76 Å². The molecule has 1 heterocycles. The Labute approximate surface area is 180 Å². The van der Waals surface area contributed by atoms with Gasteiger partial charge in [0.15, 0.2) is 11.5 Å². The van der Waals surface area contributed by atoms with E-state index in [-0.39, 0.29) is 29.9 Å². The first-order chi connectivity index (χ1) is 15.0. The second-order valence-corrected chi connectivity index (χ2v) is 7.25. The van der Waals surface area contributed by atoms with Crippen molar-refractivity contribution in [1.29, 1.82) is 5.26 Å². The normalized spacial score (nSPS) is 14.5. The molecule has 31 heavy (non-hydrogen) atoms. The van der Waals surface area contributed by atoms with E-state index in [9.17, 15) is 14.9 Å². The summed E-state index contributed by atoms with van der Waals surface area (Å²) in [5.74, 6) is -0.514. The first-order valence-corrected chi connectivity index (χ1v) is 10.1. The summed E-state index contributed by atoms with van der Waals surface area (Å²) < 4.78 is 16.2. The average molecular weight is 424 g/mol. The molecule has 1 amide bonds. The largest absolute Gasteiger partial charge is 0.493 e. The summed E-state index contributed by atoms with van der Waals surface area (Å²) in [5, 5.41) is 21.3. The maximum Gasteiger partial charge on any atom is 0.371 e. The Kier molecular flexibility index (Phi) is 7.33. The molecule has 0 bridgehead atoms. The summed E-state index contributed by atoms with van der Waals surface area (Å²) in [7, 11) is 1.48. The standard InChI is InChI=1S/C23H24N2O6/c1-29-21-12-15(11-16(13-24)22(26)25-17-5-3-2-4-6-17)7-9-19(21)30-14-18-8-10-20(31-18)23(27)28/h7-12,17H,2-6,14H2,1H3,(H,25,26)(H,27,28). The zero-order valence-corrected chi connectivity index (χ0v) is 17.2. The van der Waals surface area contributed by atoms with Crippen molar-refractivity contribution in [3.8, 4) is 17.6 Å². The van der Waals surface area contributed by atoms with E-state index < -0.39 is 5.97 Å². The number of hydrogen-bond donors (Lipinski definition) is 2. The number of benzene rings is 1. The molecule has 1 aliphatic carbocycles. The topological polar surface area (TPSA) is 122 Å². The SMILES string of the molecule is COc1cc(C=C(C#N)C(=O)NC2CCCCC2)ccc1OCc1ccc(C(=O)O)o1. The fourth-order valence-corrected chi connectivity index (χ4v) is 3.44. The highest BCUT2D eigenvalue weighted by Crippen LogP contribution is 2.30. The number of nitrogens with one attached hydrogen (secondary N) is 1. The van der Waals surface area contributed by atoms with E-state index in [0.717, 1.165) is 25.7 Å². The van der Waals surface area contributed by atoms with Gasteiger partial charge in [-0.3, -0.25) is 4.79 Å². The van der Waals surface area contributed by atoms with E-state index >= 15 is 0 Å². The number of nitrogens with zero attached hydrogens (tertiary/aromatic N) is 1. The summed E-state index contributed by atoms with van der Waals surface area (Å²) in [6, 6.07) is 9.98. The van der Waals surface area contributed by atoms with Crippen LogP contribution in [0.5, 0.6) is 11.5 Å². The number of carbonyl (C=O) groups excluding carboxylic acids is 1. The number of methoxy groups -OCH3 is 1. The van der Waals surface area contributed by atoms with Gasteiger partial charge in [-0.25, -0.2) is 4.79 Å². The van der Waals surface area contributed by atoms with Crippen molar-refractivity contribution in [3.63, 3.8) is 0 Å². The maximum atomic E-state index is 12.5. The monoisotopic (exact) mass is 424 g/mol. The quantitative estimate of drug-likeness (QED) is 0.486. The lowest BCUT2D eigenvalue weighted by Crippen LogP contribution is -2.36. The number of aromatic carboxylic acids is 1. The fourth-order valence-electron chi connectivity index (χ4n) is 3.44. The average Bonchev–Trinajstić information content (AvgIpc) is 3.26. The molecule has 8 heteroatoms. The lowest BCUT2D eigenvalue weighted by molar-refractivity contribution is -0.117. The number of nitriles is 1. The highest BCUT2D eigenvalue weighted by atomic mass is 16.5. The Morgan fingerprint density at radius 3 is 2.65 bits per heavy atom. The Bertz CT molecular complexity index is 1010. The Hall–Kier alpha value is -3.73. The maximum absolute atomic E-state index is 12.5. The molecule has 1 saturated carbocycles. The molecule has 1 aromatic carbocycles. The summed E-state index contributed by atoms with van der Waals surface area (Å²) in [4.78, 5) is 23.4. The molecular weight excluding hydrogens is 400 g/mol. The third-order valence-electron chi connectivity index (χ3n) is 5.05. The molecule has 0 radical (unpaired) electrons. The van der Waals surface area contributed by atoms with Crippen LogP contribution in [0.3, 0.4) is 0 Å². The van der Waals surface area contributed by atoms with E-state index in [0.29, 0.717) is 22.8 Å². The molecule has 2 aromatic rings. The lowest BCUT2D eigenvalue weighted by Gasteiger charge is -2.22. The lowest BCUT2D eigenvalue weighted by atomic mass is 9.95. The van der Waals surface area contributed by atoms with Crippen molar-refractivity contribution in [2.75, 3.05) is 7.11 Å². The third kappa shape index (κ3) is 5.89. The molecule has 2 N–H and O–H groups in total. The van der Waals surface area contributed by atoms with Crippen LogP contribution in [-0.4, -0.2) is 30.1 Å². The smallest absolute Gasteiger partial charge is 0.371 e. The zero-order chi connectivity index (χ0) is 22.2. The number of rotatable bonds is 8. The first-order valence-electron chi connectivity index (χ1n) is 10.1. The predicted octanol–water partition coefficient (Wildman–Crippen LogP) is 3.92. The van der Waals surface area contributed by atoms with Crippen molar-refractivity contribution in [1.82, 2.24) is 5.32 Å². The summed E-state index contributed by atoms with van der Waals surface area (Å²) >= 11 is 0. The second-order valence-electron chi connectivity index (χ2n) is 7.25. The van der Waals surface area contributed by atoms with Crippen molar-refractivity contribution < 1.29 is 28.6 Å². The van der Waals surface area contributed by atoms with E-state index in [2.05, 4.69) is 5.32 Å². The Balaban J connectivity index is 1.69. The highest BCUT2D eigenvalue weighted by molar-refractivity contribution is 6.01. The summed E-state index contributed by atoms with van der Waals surface area (Å²) in [6.07, 6.45) is 6.75. The first kappa shape index (κ1) is 22.0. The third-order valence-corrected chi connectivity index (χ3v) is 5.05. The highest BCUT2D eigenvalue weighted by Gasteiger charge is 2.18. The molecule has 1 aromatic heterocycles. The van der Waals surface area contributed by atoms with Gasteiger partial charge in [0.1, 0.15) is 24.0 Å². The van der Waals surface area contributed by atoms with Gasteiger partial charge < -0.3 is 24.3 Å². The van der Waals surface area contributed by atoms with Gasteiger partial charge in [0, 0.05) is 6.04 Å². The van der Waals surface area contributed by atoms with E-state index in [1.165, 1.54) is 31.7 Å². The molecular formula is C23H24N2O6. The van der Waals surface area contributed by atoms with Gasteiger partial charge in [0.25, 0.3) is 5.91 Å². The van der Waals surface area contributed by atoms with Gasteiger partial charge in [0.05, 0.1) is 7.11 Å². The van der Waals surface area contributed by atoms with Crippen molar-refractivity contribution in [2.24, 2.45) is 0 Å². The number of amides is 1. The second kappa shape index (κ2) is 10.3. The van der Waals surface area contributed by atoms with Crippen molar-refractivity contribution in [3.05, 3.63) is 53.0 Å². The van der Waals surface area contributed by atoms with Crippen LogP contribution in [0.2, 0.25) is 0 Å². The minimum atomic E-state index is -1.15. The molecule has 0 spiro atoms. The Morgan fingerprint density at radius 2 is 2.00 bits per heavy atom. The van der Waals surface area contributed by atoms with Crippen molar-refractivity contribution >= 4 is 18.0 Å². The van der Waals surface area contributed by atoms with Gasteiger partial charge in [-0.2, -0.15) is 5.26 Å². The molecule has 1 aliphatic rings. The van der Waals surface area contributed by atoms with E-state index in [1.54, 1.807) is 18.2 Å². The number of hydrogen-bond acceptors (Lipinski definition) is 6.